The standard InChI is InChI=1S/C20H26N4O3/c1-14(2)27-18-6-4-17(5-7-18)24-13-16(10-19(24)25)20(26)23(3)9-8-15-11-21-22-12-15/h4-7,11-12,14,16H,8-10,13H2,1-3H3,(H,21,22)/t16-/m1/s1. The number of nitrogens with one attached hydrogen (secondary N) is 1. The van der Waals surface area contributed by atoms with E-state index in [2.05, 4.69) is 10.2 Å². The maximum Gasteiger partial charge on any atom is 0.227 e. The Hall–Kier alpha value is -2.83. The molecule has 1 atom stereocenters. The SMILES string of the molecule is CC(C)Oc1ccc(N2C[C@H](C(=O)N(C)CCc3cn[nH]c3)CC2=O)cc1. The Bertz CT molecular complexity index is 771. The maximum absolute atomic E-state index is 12.7. The number of benzene rings is 1. The van der Waals surface area contributed by atoms with Crippen LogP contribution in [0.1, 0.15) is 25.8 Å². The molecule has 1 N–H and O–H groups in total. The average molecular weight is 370 g/mol. The first-order chi connectivity index (χ1) is 12.9. The van der Waals surface area contributed by atoms with Crippen LogP contribution in [0.25, 0.3) is 0 Å². The molecule has 0 saturated carbocycles. The largest absolute Gasteiger partial charge is 0.491 e. The number of H-pyrrole nitrogens is 1. The summed E-state index contributed by atoms with van der Waals surface area (Å²) >= 11 is 0. The summed E-state index contributed by atoms with van der Waals surface area (Å²) in [4.78, 5) is 28.5. The van der Waals surface area contributed by atoms with Crippen molar-refractivity contribution in [2.24, 2.45) is 5.92 Å². The van der Waals surface area contributed by atoms with E-state index in [4.69, 9.17) is 4.74 Å². The molecule has 1 aromatic heterocycles. The Morgan fingerprint density at radius 1 is 1.37 bits per heavy atom. The number of carbonyl (C=O) groups is 2. The molecule has 7 heteroatoms. The third-order valence-corrected chi connectivity index (χ3v) is 4.66. The Morgan fingerprint density at radius 2 is 2.11 bits per heavy atom. The predicted octanol–water partition coefficient (Wildman–Crippen LogP) is 2.25. The lowest BCUT2D eigenvalue weighted by Crippen LogP contribution is -2.35. The Labute approximate surface area is 159 Å². The first-order valence-electron chi connectivity index (χ1n) is 9.23. The van der Waals surface area contributed by atoms with Crippen molar-refractivity contribution in [3.63, 3.8) is 0 Å². The topological polar surface area (TPSA) is 78.5 Å². The lowest BCUT2D eigenvalue weighted by atomic mass is 10.1. The van der Waals surface area contributed by atoms with Crippen molar-refractivity contribution < 1.29 is 14.3 Å². The van der Waals surface area contributed by atoms with Crippen molar-refractivity contribution in [2.75, 3.05) is 25.0 Å². The van der Waals surface area contributed by atoms with Crippen molar-refractivity contribution in [2.45, 2.75) is 32.8 Å². The number of ether oxygens (including phenoxy) is 1. The van der Waals surface area contributed by atoms with Crippen LogP contribution in [0, 0.1) is 5.92 Å². The number of aromatic amines is 1. The van der Waals surface area contributed by atoms with E-state index in [1.54, 1.807) is 23.0 Å². The molecule has 0 aliphatic carbocycles. The molecule has 0 radical (unpaired) electrons. The Morgan fingerprint density at radius 3 is 2.74 bits per heavy atom. The lowest BCUT2D eigenvalue weighted by molar-refractivity contribution is -0.134. The molecule has 27 heavy (non-hydrogen) atoms. The van der Waals surface area contributed by atoms with E-state index in [0.717, 1.165) is 23.4 Å². The lowest BCUT2D eigenvalue weighted by Gasteiger charge is -2.21. The highest BCUT2D eigenvalue weighted by molar-refractivity contribution is 6.00. The van der Waals surface area contributed by atoms with E-state index in [9.17, 15) is 9.59 Å². The molecule has 2 heterocycles. The summed E-state index contributed by atoms with van der Waals surface area (Å²) in [7, 11) is 1.79. The second-order valence-corrected chi connectivity index (χ2v) is 7.18. The van der Waals surface area contributed by atoms with Crippen molar-refractivity contribution in [3.8, 4) is 5.75 Å². The zero-order valence-electron chi connectivity index (χ0n) is 16.0. The molecular weight excluding hydrogens is 344 g/mol. The van der Waals surface area contributed by atoms with Crippen molar-refractivity contribution in [3.05, 3.63) is 42.2 Å². The van der Waals surface area contributed by atoms with Crippen LogP contribution in [0.15, 0.2) is 36.7 Å². The summed E-state index contributed by atoms with van der Waals surface area (Å²) in [6.45, 7) is 4.96. The van der Waals surface area contributed by atoms with Gasteiger partial charge < -0.3 is 14.5 Å². The summed E-state index contributed by atoms with van der Waals surface area (Å²) in [6.07, 6.45) is 4.67. The molecular formula is C20H26N4O3. The normalized spacial score (nSPS) is 16.8. The molecule has 0 bridgehead atoms. The molecule has 2 aromatic rings. The van der Waals surface area contributed by atoms with Crippen LogP contribution in [0.3, 0.4) is 0 Å². The fraction of sp³-hybridized carbons (Fsp3) is 0.450. The monoisotopic (exact) mass is 370 g/mol. The highest BCUT2D eigenvalue weighted by atomic mass is 16.5. The molecule has 1 aliphatic heterocycles. The van der Waals surface area contributed by atoms with Gasteiger partial charge in [-0.25, -0.2) is 0 Å². The fourth-order valence-corrected chi connectivity index (χ4v) is 3.23. The molecule has 1 aliphatic rings. The number of rotatable bonds is 7. The van der Waals surface area contributed by atoms with Crippen molar-refractivity contribution in [1.29, 1.82) is 0 Å². The molecule has 3 rings (SSSR count). The molecule has 2 amide bonds. The van der Waals surface area contributed by atoms with Gasteiger partial charge in [0.05, 0.1) is 18.2 Å². The number of hydrogen-bond donors (Lipinski definition) is 1. The molecule has 1 saturated heterocycles. The average Bonchev–Trinajstić information content (AvgIpc) is 3.29. The van der Waals surface area contributed by atoms with Gasteiger partial charge in [-0.2, -0.15) is 5.10 Å². The number of amides is 2. The van der Waals surface area contributed by atoms with Gasteiger partial charge in [0.15, 0.2) is 0 Å². The summed E-state index contributed by atoms with van der Waals surface area (Å²) < 4.78 is 5.64. The van der Waals surface area contributed by atoms with Crippen LogP contribution in [-0.2, 0) is 16.0 Å². The van der Waals surface area contributed by atoms with Crippen LogP contribution in [0.5, 0.6) is 5.75 Å². The Balaban J connectivity index is 1.58. The zero-order chi connectivity index (χ0) is 19.4. The van der Waals surface area contributed by atoms with Crippen molar-refractivity contribution in [1.82, 2.24) is 15.1 Å². The molecule has 1 fully saturated rings. The van der Waals surface area contributed by atoms with Crippen LogP contribution >= 0.6 is 0 Å². The Kier molecular flexibility index (Phi) is 5.78. The minimum absolute atomic E-state index is 0.00843. The van der Waals surface area contributed by atoms with Gasteiger partial charge in [-0.1, -0.05) is 0 Å². The third kappa shape index (κ3) is 4.67. The molecule has 0 unspecified atom stereocenters. The van der Waals surface area contributed by atoms with Gasteiger partial charge >= 0.3 is 0 Å². The number of carbonyl (C=O) groups excluding carboxylic acids is 2. The second-order valence-electron chi connectivity index (χ2n) is 7.18. The molecule has 1 aromatic carbocycles. The predicted molar refractivity (Wildman–Crippen MR) is 103 cm³/mol. The number of likely N-dealkylation sites (N-methyl/N-ethyl adjacent to an activating group) is 1. The molecule has 144 valence electrons. The summed E-state index contributed by atoms with van der Waals surface area (Å²) in [6, 6.07) is 7.44. The fourth-order valence-electron chi connectivity index (χ4n) is 3.23. The molecule has 7 nitrogen and oxygen atoms in total. The summed E-state index contributed by atoms with van der Waals surface area (Å²) in [5.41, 5.74) is 1.86. The summed E-state index contributed by atoms with van der Waals surface area (Å²) in [5.74, 6) is 0.452. The van der Waals surface area contributed by atoms with E-state index < -0.39 is 0 Å². The van der Waals surface area contributed by atoms with Gasteiger partial charge in [-0.15, -0.1) is 0 Å². The quantitative estimate of drug-likeness (QED) is 0.811. The minimum Gasteiger partial charge on any atom is -0.491 e. The maximum atomic E-state index is 12.7. The first kappa shape index (κ1) is 18.9. The van der Waals surface area contributed by atoms with E-state index in [1.807, 2.05) is 44.3 Å². The second kappa shape index (κ2) is 8.24. The van der Waals surface area contributed by atoms with E-state index in [-0.39, 0.29) is 30.3 Å². The highest BCUT2D eigenvalue weighted by Crippen LogP contribution is 2.28. The highest BCUT2D eigenvalue weighted by Gasteiger charge is 2.36. The van der Waals surface area contributed by atoms with Crippen LogP contribution in [0.2, 0.25) is 0 Å². The van der Waals surface area contributed by atoms with Gasteiger partial charge in [0.1, 0.15) is 5.75 Å². The summed E-state index contributed by atoms with van der Waals surface area (Å²) in [5, 5.41) is 6.68. The van der Waals surface area contributed by atoms with E-state index in [0.29, 0.717) is 13.1 Å². The van der Waals surface area contributed by atoms with Gasteiger partial charge in [-0.3, -0.25) is 14.7 Å². The van der Waals surface area contributed by atoms with Gasteiger partial charge in [0.2, 0.25) is 11.8 Å². The minimum atomic E-state index is -0.307. The number of nitrogens with zero attached hydrogens (tertiary/aromatic N) is 3. The first-order valence-corrected chi connectivity index (χ1v) is 9.23. The number of anilines is 1. The van der Waals surface area contributed by atoms with Crippen LogP contribution < -0.4 is 9.64 Å². The van der Waals surface area contributed by atoms with Crippen molar-refractivity contribution >= 4 is 17.5 Å². The number of aromatic nitrogens is 2. The molecule has 0 spiro atoms. The van der Waals surface area contributed by atoms with E-state index >= 15 is 0 Å². The van der Waals surface area contributed by atoms with Crippen LogP contribution in [0.4, 0.5) is 5.69 Å². The number of hydrogen-bond acceptors (Lipinski definition) is 4. The smallest absolute Gasteiger partial charge is 0.227 e. The van der Waals surface area contributed by atoms with Gasteiger partial charge in [0.25, 0.3) is 0 Å². The van der Waals surface area contributed by atoms with Gasteiger partial charge in [0, 0.05) is 38.4 Å². The van der Waals surface area contributed by atoms with Crippen LogP contribution in [-0.4, -0.2) is 53.2 Å². The van der Waals surface area contributed by atoms with Gasteiger partial charge in [-0.05, 0) is 50.1 Å². The third-order valence-electron chi connectivity index (χ3n) is 4.66. The zero-order valence-corrected chi connectivity index (χ0v) is 16.0. The van der Waals surface area contributed by atoms with E-state index in [1.165, 1.54) is 0 Å².